The number of hydrogen-bond acceptors (Lipinski definition) is 4. The first-order chi connectivity index (χ1) is 9.60. The van der Waals surface area contributed by atoms with Crippen LogP contribution in [0.2, 0.25) is 0 Å². The Morgan fingerprint density at radius 2 is 2.05 bits per heavy atom. The largest absolute Gasteiger partial charge is 0.465 e. The van der Waals surface area contributed by atoms with Gasteiger partial charge in [0.15, 0.2) is 0 Å². The molecule has 102 valence electrons. The number of amides is 1. The molecule has 1 aromatic heterocycles. The van der Waals surface area contributed by atoms with E-state index in [1.165, 1.54) is 43.6 Å². The minimum Gasteiger partial charge on any atom is -0.465 e. The maximum Gasteiger partial charge on any atom is 0.339 e. The summed E-state index contributed by atoms with van der Waals surface area (Å²) < 4.78 is 17.5. The molecule has 0 saturated carbocycles. The Morgan fingerprint density at radius 3 is 2.65 bits per heavy atom. The second-order valence-corrected chi connectivity index (χ2v) is 3.89. The highest BCUT2D eigenvalue weighted by Crippen LogP contribution is 2.11. The van der Waals surface area contributed by atoms with Crippen molar-refractivity contribution in [2.75, 3.05) is 12.4 Å². The van der Waals surface area contributed by atoms with Crippen molar-refractivity contribution in [3.05, 3.63) is 59.7 Å². The van der Waals surface area contributed by atoms with Gasteiger partial charge in [0.25, 0.3) is 5.91 Å². The van der Waals surface area contributed by atoms with Gasteiger partial charge in [-0.25, -0.2) is 9.18 Å². The van der Waals surface area contributed by atoms with E-state index < -0.39 is 17.7 Å². The van der Waals surface area contributed by atoms with Gasteiger partial charge in [0.1, 0.15) is 11.5 Å². The lowest BCUT2D eigenvalue weighted by atomic mass is 10.2. The second-order valence-electron chi connectivity index (χ2n) is 3.89. The number of benzene rings is 1. The first-order valence-corrected chi connectivity index (χ1v) is 5.71. The Morgan fingerprint density at radius 1 is 1.25 bits per heavy atom. The van der Waals surface area contributed by atoms with E-state index in [2.05, 4.69) is 15.0 Å². The van der Waals surface area contributed by atoms with E-state index >= 15 is 0 Å². The van der Waals surface area contributed by atoms with E-state index in [1.807, 2.05) is 0 Å². The fourth-order valence-electron chi connectivity index (χ4n) is 1.53. The molecular weight excluding hydrogens is 263 g/mol. The number of halogens is 1. The van der Waals surface area contributed by atoms with Gasteiger partial charge in [-0.1, -0.05) is 6.07 Å². The van der Waals surface area contributed by atoms with Crippen molar-refractivity contribution >= 4 is 17.6 Å². The van der Waals surface area contributed by atoms with Crippen molar-refractivity contribution in [1.29, 1.82) is 0 Å². The van der Waals surface area contributed by atoms with E-state index in [1.54, 1.807) is 6.07 Å². The summed E-state index contributed by atoms with van der Waals surface area (Å²) in [5.41, 5.74) is 0.686. The van der Waals surface area contributed by atoms with Crippen molar-refractivity contribution in [3.8, 4) is 0 Å². The average Bonchev–Trinajstić information content (AvgIpc) is 2.46. The van der Waals surface area contributed by atoms with Crippen molar-refractivity contribution in [2.24, 2.45) is 0 Å². The van der Waals surface area contributed by atoms with Crippen LogP contribution in [-0.4, -0.2) is 24.0 Å². The molecule has 0 bridgehead atoms. The fraction of sp³-hybridized carbons (Fsp3) is 0.0714. The Bertz CT molecular complexity index is 641. The number of carbonyl (C=O) groups excluding carboxylic acids is 2. The molecule has 20 heavy (non-hydrogen) atoms. The summed E-state index contributed by atoms with van der Waals surface area (Å²) in [5.74, 6) is -1.47. The summed E-state index contributed by atoms with van der Waals surface area (Å²) >= 11 is 0. The van der Waals surface area contributed by atoms with Crippen LogP contribution < -0.4 is 5.32 Å². The Hall–Kier alpha value is -2.76. The number of esters is 1. The topological polar surface area (TPSA) is 68.3 Å². The zero-order valence-electron chi connectivity index (χ0n) is 10.6. The molecule has 0 saturated heterocycles. The van der Waals surface area contributed by atoms with E-state index in [9.17, 15) is 14.0 Å². The predicted octanol–water partition coefficient (Wildman–Crippen LogP) is 2.26. The third-order valence-corrected chi connectivity index (χ3v) is 2.50. The molecule has 2 aromatic rings. The van der Waals surface area contributed by atoms with Gasteiger partial charge in [-0.05, 0) is 30.3 Å². The third kappa shape index (κ3) is 3.17. The van der Waals surface area contributed by atoms with Gasteiger partial charge in [0, 0.05) is 11.9 Å². The number of pyridine rings is 1. The van der Waals surface area contributed by atoms with E-state index in [-0.39, 0.29) is 11.3 Å². The highest BCUT2D eigenvalue weighted by Gasteiger charge is 2.10. The summed E-state index contributed by atoms with van der Waals surface area (Å²) in [6.07, 6.45) is 1.24. The number of ether oxygens (including phenoxy) is 1. The average molecular weight is 274 g/mol. The molecule has 1 amide bonds. The molecule has 2 rings (SSSR count). The minimum absolute atomic E-state index is 0.113. The number of methoxy groups -OCH3 is 1. The van der Waals surface area contributed by atoms with Crippen LogP contribution in [0, 0.1) is 5.82 Å². The lowest BCUT2D eigenvalue weighted by Crippen LogP contribution is -2.14. The number of nitrogens with one attached hydrogen (secondary N) is 1. The van der Waals surface area contributed by atoms with Gasteiger partial charge in [-0.3, -0.25) is 9.78 Å². The SMILES string of the molecule is COC(=O)c1ccc(C(=O)Nc2cccc(F)c2)nc1. The molecule has 0 radical (unpaired) electrons. The number of rotatable bonds is 3. The van der Waals surface area contributed by atoms with Gasteiger partial charge < -0.3 is 10.1 Å². The van der Waals surface area contributed by atoms with Gasteiger partial charge in [-0.2, -0.15) is 0 Å². The van der Waals surface area contributed by atoms with Gasteiger partial charge >= 0.3 is 5.97 Å². The molecule has 6 heteroatoms. The van der Waals surface area contributed by atoms with Crippen LogP contribution >= 0.6 is 0 Å². The van der Waals surface area contributed by atoms with Crippen LogP contribution in [0.3, 0.4) is 0 Å². The van der Waals surface area contributed by atoms with Crippen molar-refractivity contribution in [1.82, 2.24) is 4.98 Å². The number of hydrogen-bond donors (Lipinski definition) is 1. The smallest absolute Gasteiger partial charge is 0.339 e. The first kappa shape index (κ1) is 13.7. The minimum atomic E-state index is -0.533. The summed E-state index contributed by atoms with van der Waals surface area (Å²) in [6, 6.07) is 8.34. The van der Waals surface area contributed by atoms with E-state index in [4.69, 9.17) is 0 Å². The molecule has 0 aliphatic carbocycles. The lowest BCUT2D eigenvalue weighted by molar-refractivity contribution is 0.0600. The second kappa shape index (κ2) is 5.92. The maximum absolute atomic E-state index is 13.0. The standard InChI is InChI=1S/C14H11FN2O3/c1-20-14(19)9-5-6-12(16-8-9)13(18)17-11-4-2-3-10(15)7-11/h2-8H,1H3,(H,17,18). The Balaban J connectivity index is 2.11. The van der Waals surface area contributed by atoms with Crippen LogP contribution in [-0.2, 0) is 4.74 Å². The number of aromatic nitrogens is 1. The zero-order valence-corrected chi connectivity index (χ0v) is 10.6. The summed E-state index contributed by atoms with van der Waals surface area (Å²) in [4.78, 5) is 26.9. The normalized spacial score (nSPS) is 9.90. The first-order valence-electron chi connectivity index (χ1n) is 5.71. The van der Waals surface area contributed by atoms with E-state index in [0.717, 1.165) is 0 Å². The molecule has 1 N–H and O–H groups in total. The number of carbonyl (C=O) groups is 2. The van der Waals surface area contributed by atoms with E-state index in [0.29, 0.717) is 5.69 Å². The van der Waals surface area contributed by atoms with Gasteiger partial charge in [0.2, 0.25) is 0 Å². The van der Waals surface area contributed by atoms with Crippen LogP contribution in [0.1, 0.15) is 20.8 Å². The molecular formula is C14H11FN2O3. The molecule has 0 spiro atoms. The summed E-state index contributed by atoms with van der Waals surface area (Å²) in [6.45, 7) is 0. The van der Waals surface area contributed by atoms with Crippen molar-refractivity contribution < 1.29 is 18.7 Å². The van der Waals surface area contributed by atoms with Crippen LogP contribution in [0.15, 0.2) is 42.6 Å². The summed E-state index contributed by atoms with van der Waals surface area (Å²) in [5, 5.41) is 2.50. The fourth-order valence-corrected chi connectivity index (χ4v) is 1.53. The molecule has 1 aromatic carbocycles. The van der Waals surface area contributed by atoms with Crippen LogP contribution in [0.4, 0.5) is 10.1 Å². The molecule has 5 nitrogen and oxygen atoms in total. The zero-order chi connectivity index (χ0) is 14.5. The highest BCUT2D eigenvalue weighted by atomic mass is 19.1. The quantitative estimate of drug-likeness (QED) is 0.872. The van der Waals surface area contributed by atoms with Gasteiger partial charge in [0.05, 0.1) is 12.7 Å². The molecule has 0 aliphatic rings. The van der Waals surface area contributed by atoms with Crippen LogP contribution in [0.25, 0.3) is 0 Å². The number of nitrogens with zero attached hydrogens (tertiary/aromatic N) is 1. The highest BCUT2D eigenvalue weighted by molar-refractivity contribution is 6.03. The third-order valence-electron chi connectivity index (χ3n) is 2.50. The molecule has 0 unspecified atom stereocenters. The molecule has 0 fully saturated rings. The Kier molecular flexibility index (Phi) is 4.05. The van der Waals surface area contributed by atoms with Crippen LogP contribution in [0.5, 0.6) is 0 Å². The predicted molar refractivity (Wildman–Crippen MR) is 69.9 cm³/mol. The van der Waals surface area contributed by atoms with Crippen molar-refractivity contribution in [3.63, 3.8) is 0 Å². The summed E-state index contributed by atoms with van der Waals surface area (Å²) in [7, 11) is 1.26. The van der Waals surface area contributed by atoms with Crippen molar-refractivity contribution in [2.45, 2.75) is 0 Å². The monoisotopic (exact) mass is 274 g/mol. The molecule has 1 heterocycles. The number of anilines is 1. The van der Waals surface area contributed by atoms with Gasteiger partial charge in [-0.15, -0.1) is 0 Å². The molecule has 0 atom stereocenters. The Labute approximate surface area is 114 Å². The lowest BCUT2D eigenvalue weighted by Gasteiger charge is -2.05. The molecule has 0 aliphatic heterocycles. The maximum atomic E-state index is 13.0.